The molecule has 0 saturated heterocycles. The molecule has 1 N–H and O–H groups in total. The molecule has 0 spiro atoms. The second-order valence-corrected chi connectivity index (χ2v) is 9.73. The highest BCUT2D eigenvalue weighted by Crippen LogP contribution is 2.00. The quantitative estimate of drug-likeness (QED) is 0.172. The van der Waals surface area contributed by atoms with E-state index in [0.29, 0.717) is 43.9 Å². The van der Waals surface area contributed by atoms with Crippen LogP contribution in [-0.2, 0) is 24.1 Å². The molecule has 0 aliphatic rings. The van der Waals surface area contributed by atoms with Gasteiger partial charge in [0.05, 0.1) is 39.6 Å². The fraction of sp³-hybridized carbons (Fsp3) is 0.842. The van der Waals surface area contributed by atoms with Gasteiger partial charge in [-0.2, -0.15) is 0 Å². The highest BCUT2D eigenvalue weighted by atomic mass is 32.2. The average Bonchev–Trinajstić information content (AvgIpc) is 2.56. The molecule has 0 aromatic carbocycles. The van der Waals surface area contributed by atoms with E-state index < -0.39 is 9.84 Å². The smallest absolute Gasteiger partial charge is 0.250 e. The maximum Gasteiger partial charge on any atom is 0.250 e. The van der Waals surface area contributed by atoms with E-state index in [1.807, 2.05) is 14.1 Å². The van der Waals surface area contributed by atoms with E-state index in [0.717, 1.165) is 19.3 Å². The van der Waals surface area contributed by atoms with Crippen molar-refractivity contribution in [2.24, 2.45) is 0 Å². The number of hydrogen-bond donors (Lipinski definition) is 1. The third-order valence-corrected chi connectivity index (χ3v) is 4.90. The normalized spacial score (nSPS) is 12.6. The standard InChI is InChI=1S/C19H38N2O5S/c1-5-6-7-8-9-10-13-25-14-15-26-17-19(22)20-18-21(2,3)12-11-16-27(4,23)24/h7-8H,5-6,9-18H2,1-4H3/p+1/b8-7-. The molecule has 0 aromatic heterocycles. The largest absolute Gasteiger partial charge is 0.379 e. The van der Waals surface area contributed by atoms with E-state index in [4.69, 9.17) is 9.47 Å². The third-order valence-electron chi connectivity index (χ3n) is 3.87. The lowest BCUT2D eigenvalue weighted by Gasteiger charge is -2.29. The second-order valence-electron chi connectivity index (χ2n) is 7.47. The first kappa shape index (κ1) is 26.0. The lowest BCUT2D eigenvalue weighted by molar-refractivity contribution is -0.892. The Morgan fingerprint density at radius 2 is 1.70 bits per heavy atom. The monoisotopic (exact) mass is 407 g/mol. The van der Waals surface area contributed by atoms with Crippen LogP contribution < -0.4 is 5.32 Å². The van der Waals surface area contributed by atoms with E-state index >= 15 is 0 Å². The Kier molecular flexibility index (Phi) is 14.5. The van der Waals surface area contributed by atoms with Crippen molar-refractivity contribution < 1.29 is 27.2 Å². The molecule has 0 aromatic rings. The molecule has 0 rings (SSSR count). The van der Waals surface area contributed by atoms with E-state index in [-0.39, 0.29) is 18.3 Å². The molecule has 0 heterocycles. The van der Waals surface area contributed by atoms with Gasteiger partial charge in [-0.15, -0.1) is 0 Å². The first-order valence-corrected chi connectivity index (χ1v) is 11.8. The highest BCUT2D eigenvalue weighted by Gasteiger charge is 2.17. The van der Waals surface area contributed by atoms with E-state index in [2.05, 4.69) is 24.4 Å². The van der Waals surface area contributed by atoms with Gasteiger partial charge in [-0.05, 0) is 19.3 Å². The number of quaternary nitrogens is 1. The van der Waals surface area contributed by atoms with Crippen molar-refractivity contribution >= 4 is 15.7 Å². The number of allylic oxidation sites excluding steroid dienone is 2. The van der Waals surface area contributed by atoms with Crippen molar-refractivity contribution in [2.45, 2.75) is 39.0 Å². The van der Waals surface area contributed by atoms with Gasteiger partial charge in [-0.25, -0.2) is 8.42 Å². The van der Waals surface area contributed by atoms with Gasteiger partial charge in [-0.3, -0.25) is 4.79 Å². The van der Waals surface area contributed by atoms with Crippen LogP contribution in [0.15, 0.2) is 12.2 Å². The molecule has 1 amide bonds. The Labute approximate surface area is 165 Å². The summed E-state index contributed by atoms with van der Waals surface area (Å²) in [7, 11) is 0.967. The zero-order valence-corrected chi connectivity index (χ0v) is 18.4. The highest BCUT2D eigenvalue weighted by molar-refractivity contribution is 7.90. The van der Waals surface area contributed by atoms with Crippen molar-refractivity contribution in [1.82, 2.24) is 5.32 Å². The number of nitrogens with one attached hydrogen (secondary N) is 1. The Bertz CT molecular complexity index is 518. The minimum atomic E-state index is -2.94. The number of sulfone groups is 1. The Morgan fingerprint density at radius 1 is 1.04 bits per heavy atom. The summed E-state index contributed by atoms with van der Waals surface area (Å²) in [6, 6.07) is 0. The number of ether oxygens (including phenoxy) is 2. The maximum absolute atomic E-state index is 11.8. The molecule has 160 valence electrons. The van der Waals surface area contributed by atoms with Gasteiger partial charge < -0.3 is 19.3 Å². The minimum Gasteiger partial charge on any atom is -0.379 e. The zero-order valence-electron chi connectivity index (χ0n) is 17.5. The van der Waals surface area contributed by atoms with Crippen molar-refractivity contribution in [3.05, 3.63) is 12.2 Å². The maximum atomic E-state index is 11.8. The van der Waals surface area contributed by atoms with E-state index in [1.54, 1.807) is 0 Å². The van der Waals surface area contributed by atoms with Crippen LogP contribution in [-0.4, -0.2) is 84.6 Å². The van der Waals surface area contributed by atoms with Gasteiger partial charge in [-0.1, -0.05) is 25.5 Å². The fourth-order valence-corrected chi connectivity index (χ4v) is 2.93. The summed E-state index contributed by atoms with van der Waals surface area (Å²) in [5.41, 5.74) is 0. The topological polar surface area (TPSA) is 81.7 Å². The lowest BCUT2D eigenvalue weighted by Crippen LogP contribution is -2.49. The van der Waals surface area contributed by atoms with Crippen LogP contribution in [0.4, 0.5) is 0 Å². The number of unbranched alkanes of at least 4 members (excludes halogenated alkanes) is 2. The number of rotatable bonds is 17. The first-order chi connectivity index (χ1) is 12.7. The predicted octanol–water partition coefficient (Wildman–Crippen LogP) is 1.74. The predicted molar refractivity (Wildman–Crippen MR) is 109 cm³/mol. The lowest BCUT2D eigenvalue weighted by atomic mass is 10.2. The summed E-state index contributed by atoms with van der Waals surface area (Å²) in [4.78, 5) is 11.8. The van der Waals surface area contributed by atoms with Gasteiger partial charge in [0, 0.05) is 19.3 Å². The number of amides is 1. The third kappa shape index (κ3) is 19.6. The van der Waals surface area contributed by atoms with Gasteiger partial charge in [0.1, 0.15) is 16.4 Å². The van der Waals surface area contributed by atoms with Gasteiger partial charge in [0.15, 0.2) is 6.67 Å². The van der Waals surface area contributed by atoms with Crippen molar-refractivity contribution in [3.8, 4) is 0 Å². The van der Waals surface area contributed by atoms with Gasteiger partial charge >= 0.3 is 0 Å². The Morgan fingerprint density at radius 3 is 2.37 bits per heavy atom. The molecule has 0 aliphatic heterocycles. The molecule has 0 bridgehead atoms. The van der Waals surface area contributed by atoms with E-state index in [1.165, 1.54) is 12.7 Å². The molecule has 7 nitrogen and oxygen atoms in total. The van der Waals surface area contributed by atoms with Gasteiger partial charge in [0.25, 0.3) is 0 Å². The van der Waals surface area contributed by atoms with Crippen LogP contribution in [0.3, 0.4) is 0 Å². The van der Waals surface area contributed by atoms with Crippen LogP contribution in [0.1, 0.15) is 39.0 Å². The molecule has 0 fully saturated rings. The van der Waals surface area contributed by atoms with Crippen molar-refractivity contribution in [2.75, 3.05) is 65.7 Å². The molecule has 27 heavy (non-hydrogen) atoms. The average molecular weight is 408 g/mol. The van der Waals surface area contributed by atoms with Crippen LogP contribution in [0.2, 0.25) is 0 Å². The Hall–Kier alpha value is -0.960. The number of hydrogen-bond acceptors (Lipinski definition) is 5. The first-order valence-electron chi connectivity index (χ1n) is 9.73. The minimum absolute atomic E-state index is 0.00640. The number of nitrogens with zero attached hydrogens (tertiary/aromatic N) is 1. The van der Waals surface area contributed by atoms with Crippen molar-refractivity contribution in [1.29, 1.82) is 0 Å². The summed E-state index contributed by atoms with van der Waals surface area (Å²) in [5, 5.41) is 2.82. The van der Waals surface area contributed by atoms with E-state index in [9.17, 15) is 13.2 Å². The molecule has 8 heteroatoms. The summed E-state index contributed by atoms with van der Waals surface area (Å²) >= 11 is 0. The summed E-state index contributed by atoms with van der Waals surface area (Å²) in [6.45, 7) is 4.86. The summed E-state index contributed by atoms with van der Waals surface area (Å²) in [5.74, 6) is -0.00815. The fourth-order valence-electron chi connectivity index (χ4n) is 2.28. The number of carbonyl (C=O) groups excluding carboxylic acids is 1. The molecular formula is C19H39N2O5S+. The Balaban J connectivity index is 3.60. The molecular weight excluding hydrogens is 368 g/mol. The zero-order chi connectivity index (χ0) is 20.6. The van der Waals surface area contributed by atoms with Gasteiger partial charge in [0.2, 0.25) is 5.91 Å². The van der Waals surface area contributed by atoms with Crippen molar-refractivity contribution in [3.63, 3.8) is 0 Å². The number of carbonyl (C=O) groups is 1. The van der Waals surface area contributed by atoms with Crippen LogP contribution >= 0.6 is 0 Å². The summed E-state index contributed by atoms with van der Waals surface area (Å²) in [6.07, 6.45) is 10.5. The molecule has 0 aliphatic carbocycles. The molecule has 0 unspecified atom stereocenters. The molecule has 0 atom stereocenters. The van der Waals surface area contributed by atoms with Crippen LogP contribution in [0, 0.1) is 0 Å². The second kappa shape index (κ2) is 15.0. The summed E-state index contributed by atoms with van der Waals surface area (Å²) < 4.78 is 33.6. The molecule has 0 saturated carbocycles. The van der Waals surface area contributed by atoms with Crippen LogP contribution in [0.5, 0.6) is 0 Å². The SMILES string of the molecule is CCC/C=C\CCCOCCOCC(=O)NC[N+](C)(C)CCCS(C)(=O)=O. The molecule has 0 radical (unpaired) electrons. The van der Waals surface area contributed by atoms with Crippen LogP contribution in [0.25, 0.3) is 0 Å².